The quantitative estimate of drug-likeness (QED) is 0.795. The van der Waals surface area contributed by atoms with Gasteiger partial charge < -0.3 is 4.90 Å². The van der Waals surface area contributed by atoms with Crippen LogP contribution < -0.4 is 0 Å². The molecule has 0 atom stereocenters. The molecule has 102 valence electrons. The van der Waals surface area contributed by atoms with Crippen LogP contribution in [0.2, 0.25) is 0 Å². The first-order valence-corrected chi connectivity index (χ1v) is 6.32. The number of carbonyl (C=O) groups is 1. The molecule has 3 rings (SSSR count). The predicted octanol–water partition coefficient (Wildman–Crippen LogP) is 0.494. The van der Waals surface area contributed by atoms with Crippen molar-refractivity contribution in [2.45, 2.75) is 13.0 Å². The maximum Gasteiger partial charge on any atom is 0.274 e. The van der Waals surface area contributed by atoms with E-state index in [0.29, 0.717) is 24.3 Å². The molecule has 1 aliphatic heterocycles. The number of hydrogen-bond acceptors (Lipinski definition) is 4. The molecule has 0 unspecified atom stereocenters. The van der Waals surface area contributed by atoms with E-state index in [1.54, 1.807) is 26.5 Å². The van der Waals surface area contributed by atoms with Gasteiger partial charge in [-0.3, -0.25) is 14.2 Å². The van der Waals surface area contributed by atoms with Crippen LogP contribution in [0.3, 0.4) is 0 Å². The fraction of sp³-hybridized carbons (Fsp3) is 0.385. The number of hydrogen-bond donors (Lipinski definition) is 0. The highest BCUT2D eigenvalue weighted by Gasteiger charge is 2.34. The van der Waals surface area contributed by atoms with Gasteiger partial charge in [-0.1, -0.05) is 0 Å². The minimum Gasteiger partial charge on any atom is -0.333 e. The zero-order valence-electron chi connectivity index (χ0n) is 11.3. The zero-order chi connectivity index (χ0) is 14.3. The van der Waals surface area contributed by atoms with Gasteiger partial charge in [-0.15, -0.1) is 0 Å². The SMILES string of the molecule is Cc1cc(C(=O)N2CC(n3cc(C#N)cn3)C2)nn1C. The minimum absolute atomic E-state index is 0.0578. The molecule has 3 heterocycles. The monoisotopic (exact) mass is 270 g/mol. The van der Waals surface area contributed by atoms with E-state index >= 15 is 0 Å². The first kappa shape index (κ1) is 12.4. The molecule has 2 aromatic heterocycles. The van der Waals surface area contributed by atoms with Gasteiger partial charge in [-0.05, 0) is 13.0 Å². The Morgan fingerprint density at radius 2 is 2.25 bits per heavy atom. The molecule has 0 N–H and O–H groups in total. The molecule has 1 amide bonds. The summed E-state index contributed by atoms with van der Waals surface area (Å²) in [7, 11) is 1.82. The Morgan fingerprint density at radius 1 is 1.50 bits per heavy atom. The van der Waals surface area contributed by atoms with E-state index in [1.807, 2.05) is 20.0 Å². The highest BCUT2D eigenvalue weighted by Crippen LogP contribution is 2.22. The van der Waals surface area contributed by atoms with Crippen molar-refractivity contribution in [1.29, 1.82) is 5.26 Å². The van der Waals surface area contributed by atoms with E-state index < -0.39 is 0 Å². The molecular weight excluding hydrogens is 256 g/mol. The third-order valence-electron chi connectivity index (χ3n) is 3.59. The topological polar surface area (TPSA) is 79.7 Å². The fourth-order valence-corrected chi connectivity index (χ4v) is 2.21. The lowest BCUT2D eigenvalue weighted by Gasteiger charge is -2.38. The summed E-state index contributed by atoms with van der Waals surface area (Å²) in [4.78, 5) is 13.9. The van der Waals surface area contributed by atoms with E-state index in [-0.39, 0.29) is 11.9 Å². The van der Waals surface area contributed by atoms with Gasteiger partial charge in [0.05, 0.1) is 17.8 Å². The van der Waals surface area contributed by atoms with Crippen LogP contribution in [0.25, 0.3) is 0 Å². The number of rotatable bonds is 2. The molecule has 0 aromatic carbocycles. The molecule has 0 radical (unpaired) electrons. The van der Waals surface area contributed by atoms with Gasteiger partial charge in [0.25, 0.3) is 5.91 Å². The normalized spacial score (nSPS) is 14.9. The van der Waals surface area contributed by atoms with Crippen LogP contribution in [0.4, 0.5) is 0 Å². The van der Waals surface area contributed by atoms with Gasteiger partial charge in [-0.25, -0.2) is 0 Å². The van der Waals surface area contributed by atoms with Crippen LogP contribution in [0, 0.1) is 18.3 Å². The smallest absolute Gasteiger partial charge is 0.274 e. The average molecular weight is 270 g/mol. The molecule has 1 saturated heterocycles. The lowest BCUT2D eigenvalue weighted by molar-refractivity contribution is 0.0495. The third-order valence-corrected chi connectivity index (χ3v) is 3.59. The molecular formula is C13H14N6O. The standard InChI is InChI=1S/C13H14N6O/c1-9-3-12(16-17(9)2)13(20)18-7-11(8-18)19-6-10(4-14)5-15-19/h3,5-6,11H,7-8H2,1-2H3. The van der Waals surface area contributed by atoms with Crippen molar-refractivity contribution >= 4 is 5.91 Å². The number of nitriles is 1. The van der Waals surface area contributed by atoms with Crippen molar-refractivity contribution in [3.8, 4) is 6.07 Å². The molecule has 2 aromatic rings. The van der Waals surface area contributed by atoms with Gasteiger partial charge in [0.15, 0.2) is 5.69 Å². The van der Waals surface area contributed by atoms with E-state index in [0.717, 1.165) is 5.69 Å². The van der Waals surface area contributed by atoms with Gasteiger partial charge in [0.1, 0.15) is 6.07 Å². The van der Waals surface area contributed by atoms with E-state index in [2.05, 4.69) is 10.2 Å². The van der Waals surface area contributed by atoms with Crippen LogP contribution in [0.1, 0.15) is 27.8 Å². The van der Waals surface area contributed by atoms with Gasteiger partial charge in [0, 0.05) is 32.0 Å². The number of aromatic nitrogens is 4. The zero-order valence-corrected chi connectivity index (χ0v) is 11.3. The first-order valence-electron chi connectivity index (χ1n) is 6.32. The molecule has 20 heavy (non-hydrogen) atoms. The molecule has 0 spiro atoms. The van der Waals surface area contributed by atoms with Crippen molar-refractivity contribution in [3.05, 3.63) is 35.4 Å². The predicted molar refractivity (Wildman–Crippen MR) is 69.8 cm³/mol. The maximum atomic E-state index is 12.2. The van der Waals surface area contributed by atoms with Crippen LogP contribution in [-0.2, 0) is 7.05 Å². The molecule has 0 saturated carbocycles. The van der Waals surface area contributed by atoms with E-state index in [9.17, 15) is 4.79 Å². The summed E-state index contributed by atoms with van der Waals surface area (Å²) in [6.45, 7) is 3.11. The van der Waals surface area contributed by atoms with Crippen molar-refractivity contribution in [3.63, 3.8) is 0 Å². The Bertz CT molecular complexity index is 681. The highest BCUT2D eigenvalue weighted by molar-refractivity contribution is 5.93. The Balaban J connectivity index is 1.65. The Hall–Kier alpha value is -2.62. The average Bonchev–Trinajstić information content (AvgIpc) is 2.96. The summed E-state index contributed by atoms with van der Waals surface area (Å²) in [5.41, 5.74) is 1.97. The third kappa shape index (κ3) is 1.95. The van der Waals surface area contributed by atoms with Gasteiger partial charge >= 0.3 is 0 Å². The summed E-state index contributed by atoms with van der Waals surface area (Å²) in [6.07, 6.45) is 3.24. The fourth-order valence-electron chi connectivity index (χ4n) is 2.21. The summed E-state index contributed by atoms with van der Waals surface area (Å²) >= 11 is 0. The van der Waals surface area contributed by atoms with Crippen LogP contribution >= 0.6 is 0 Å². The molecule has 1 aliphatic rings. The molecule has 0 aliphatic carbocycles. The molecule has 1 fully saturated rings. The van der Waals surface area contributed by atoms with Crippen LogP contribution in [-0.4, -0.2) is 43.5 Å². The number of nitrogens with zero attached hydrogens (tertiary/aromatic N) is 6. The van der Waals surface area contributed by atoms with Crippen molar-refractivity contribution in [1.82, 2.24) is 24.5 Å². The van der Waals surface area contributed by atoms with Crippen molar-refractivity contribution < 1.29 is 4.79 Å². The second-order valence-corrected chi connectivity index (χ2v) is 4.98. The lowest BCUT2D eigenvalue weighted by atomic mass is 10.1. The summed E-state index contributed by atoms with van der Waals surface area (Å²) < 4.78 is 3.43. The summed E-state index contributed by atoms with van der Waals surface area (Å²) in [5, 5.41) is 17.1. The van der Waals surface area contributed by atoms with Crippen molar-refractivity contribution in [2.75, 3.05) is 13.1 Å². The second kappa shape index (κ2) is 4.49. The molecule has 7 nitrogen and oxygen atoms in total. The second-order valence-electron chi connectivity index (χ2n) is 4.98. The largest absolute Gasteiger partial charge is 0.333 e. The van der Waals surface area contributed by atoms with Crippen molar-refractivity contribution in [2.24, 2.45) is 7.05 Å². The molecule has 0 bridgehead atoms. The Kier molecular flexibility index (Phi) is 2.79. The number of amides is 1. The minimum atomic E-state index is -0.0578. The number of carbonyl (C=O) groups excluding carboxylic acids is 1. The Morgan fingerprint density at radius 3 is 2.80 bits per heavy atom. The van der Waals surface area contributed by atoms with Gasteiger partial charge in [-0.2, -0.15) is 15.5 Å². The summed E-state index contributed by atoms with van der Waals surface area (Å²) in [6, 6.07) is 3.98. The Labute approximate surface area is 116 Å². The molecule has 7 heteroatoms. The highest BCUT2D eigenvalue weighted by atomic mass is 16.2. The summed E-state index contributed by atoms with van der Waals surface area (Å²) in [5.74, 6) is -0.0578. The number of likely N-dealkylation sites (tertiary alicyclic amines) is 1. The maximum absolute atomic E-state index is 12.2. The van der Waals surface area contributed by atoms with Crippen LogP contribution in [0.5, 0.6) is 0 Å². The number of aryl methyl sites for hydroxylation is 2. The van der Waals surface area contributed by atoms with E-state index in [1.165, 1.54) is 6.20 Å². The first-order chi connectivity index (χ1) is 9.58. The van der Waals surface area contributed by atoms with Gasteiger partial charge in [0.2, 0.25) is 0 Å². The lowest BCUT2D eigenvalue weighted by Crippen LogP contribution is -2.51. The van der Waals surface area contributed by atoms with E-state index in [4.69, 9.17) is 5.26 Å². The van der Waals surface area contributed by atoms with Crippen LogP contribution in [0.15, 0.2) is 18.5 Å².